The quantitative estimate of drug-likeness (QED) is 0.745. The van der Waals surface area contributed by atoms with Gasteiger partial charge in [-0.3, -0.25) is 4.79 Å². The zero-order valence-electron chi connectivity index (χ0n) is 16.0. The number of methoxy groups -OCH3 is 1. The summed E-state index contributed by atoms with van der Waals surface area (Å²) in [6.07, 6.45) is 2.37. The molecule has 1 amide bonds. The number of hydrogen-bond donors (Lipinski definition) is 2. The minimum absolute atomic E-state index is 0. The predicted octanol–water partition coefficient (Wildman–Crippen LogP) is 3.19. The molecule has 0 bridgehead atoms. The number of piperidine rings is 1. The SMILES string of the molecule is COc1ccccc1N1CCC(NC(=O)C(N)Cc2ccccc2)CC1.Cl.Cl. The maximum atomic E-state index is 12.4. The highest BCUT2D eigenvalue weighted by atomic mass is 35.5. The molecule has 1 saturated heterocycles. The summed E-state index contributed by atoms with van der Waals surface area (Å²) in [5, 5.41) is 3.12. The van der Waals surface area contributed by atoms with E-state index in [1.165, 1.54) is 0 Å². The highest BCUT2D eigenvalue weighted by molar-refractivity contribution is 5.85. The Labute approximate surface area is 179 Å². The van der Waals surface area contributed by atoms with Crippen molar-refractivity contribution in [3.63, 3.8) is 0 Å². The van der Waals surface area contributed by atoms with Crippen LogP contribution in [0.25, 0.3) is 0 Å². The van der Waals surface area contributed by atoms with E-state index >= 15 is 0 Å². The molecule has 1 atom stereocenters. The number of carbonyl (C=O) groups is 1. The smallest absolute Gasteiger partial charge is 0.237 e. The minimum atomic E-state index is -0.510. The molecule has 1 aliphatic rings. The average Bonchev–Trinajstić information content (AvgIpc) is 2.69. The van der Waals surface area contributed by atoms with E-state index in [1.54, 1.807) is 7.11 Å². The van der Waals surface area contributed by atoms with Gasteiger partial charge in [0.05, 0.1) is 18.8 Å². The average molecular weight is 426 g/mol. The van der Waals surface area contributed by atoms with Crippen LogP contribution in [0.5, 0.6) is 5.75 Å². The number of ether oxygens (including phenoxy) is 1. The van der Waals surface area contributed by atoms with Crippen molar-refractivity contribution >= 4 is 36.4 Å². The van der Waals surface area contributed by atoms with Crippen molar-refractivity contribution in [3.8, 4) is 5.75 Å². The van der Waals surface area contributed by atoms with Crippen LogP contribution in [0.4, 0.5) is 5.69 Å². The summed E-state index contributed by atoms with van der Waals surface area (Å²) >= 11 is 0. The summed E-state index contributed by atoms with van der Waals surface area (Å²) in [4.78, 5) is 14.7. The molecule has 28 heavy (non-hydrogen) atoms. The van der Waals surface area contributed by atoms with Crippen LogP contribution in [0.1, 0.15) is 18.4 Å². The fraction of sp³-hybridized carbons (Fsp3) is 0.381. The van der Waals surface area contributed by atoms with Gasteiger partial charge in [0, 0.05) is 19.1 Å². The first-order chi connectivity index (χ1) is 12.7. The fourth-order valence-corrected chi connectivity index (χ4v) is 3.42. The third-order valence-electron chi connectivity index (χ3n) is 4.90. The fourth-order valence-electron chi connectivity index (χ4n) is 3.42. The van der Waals surface area contributed by atoms with Crippen molar-refractivity contribution in [1.82, 2.24) is 5.32 Å². The van der Waals surface area contributed by atoms with Crippen LogP contribution < -0.4 is 20.7 Å². The number of nitrogens with one attached hydrogen (secondary N) is 1. The molecule has 2 aromatic rings. The van der Waals surface area contributed by atoms with Gasteiger partial charge in [-0.15, -0.1) is 24.8 Å². The van der Waals surface area contributed by atoms with Crippen molar-refractivity contribution in [2.24, 2.45) is 5.73 Å². The van der Waals surface area contributed by atoms with Gasteiger partial charge < -0.3 is 20.7 Å². The topological polar surface area (TPSA) is 67.6 Å². The number of anilines is 1. The van der Waals surface area contributed by atoms with Crippen LogP contribution in [-0.4, -0.2) is 38.2 Å². The molecule has 2 aromatic carbocycles. The maximum Gasteiger partial charge on any atom is 0.237 e. The van der Waals surface area contributed by atoms with Crippen LogP contribution in [0.15, 0.2) is 54.6 Å². The van der Waals surface area contributed by atoms with Crippen molar-refractivity contribution < 1.29 is 9.53 Å². The number of rotatable bonds is 6. The van der Waals surface area contributed by atoms with Crippen molar-refractivity contribution in [3.05, 3.63) is 60.2 Å². The number of carbonyl (C=O) groups excluding carboxylic acids is 1. The molecule has 0 radical (unpaired) electrons. The van der Waals surface area contributed by atoms with Gasteiger partial charge in [-0.05, 0) is 37.0 Å². The number of hydrogen-bond acceptors (Lipinski definition) is 4. The molecular formula is C21H29Cl2N3O2. The van der Waals surface area contributed by atoms with Crippen LogP contribution in [0.2, 0.25) is 0 Å². The molecule has 1 aliphatic heterocycles. The van der Waals surface area contributed by atoms with Gasteiger partial charge in [-0.1, -0.05) is 42.5 Å². The summed E-state index contributed by atoms with van der Waals surface area (Å²) in [7, 11) is 1.69. The molecule has 3 rings (SSSR count). The molecule has 0 aromatic heterocycles. The zero-order valence-corrected chi connectivity index (χ0v) is 17.7. The van der Waals surface area contributed by atoms with E-state index < -0.39 is 6.04 Å². The molecule has 3 N–H and O–H groups in total. The van der Waals surface area contributed by atoms with Crippen LogP contribution in [0.3, 0.4) is 0 Å². The Morgan fingerprint density at radius 3 is 2.36 bits per heavy atom. The van der Waals surface area contributed by atoms with Gasteiger partial charge in [0.2, 0.25) is 5.91 Å². The van der Waals surface area contributed by atoms with Crippen molar-refractivity contribution in [2.45, 2.75) is 31.3 Å². The number of nitrogens with two attached hydrogens (primary N) is 1. The summed E-state index contributed by atoms with van der Waals surface area (Å²) < 4.78 is 5.45. The molecule has 0 saturated carbocycles. The molecular weight excluding hydrogens is 397 g/mol. The highest BCUT2D eigenvalue weighted by Crippen LogP contribution is 2.29. The van der Waals surface area contributed by atoms with E-state index in [0.717, 1.165) is 42.9 Å². The second kappa shape index (κ2) is 11.8. The molecule has 1 unspecified atom stereocenters. The Morgan fingerprint density at radius 1 is 1.11 bits per heavy atom. The van der Waals surface area contributed by atoms with Crippen LogP contribution in [-0.2, 0) is 11.2 Å². The number of nitrogens with zero attached hydrogens (tertiary/aromatic N) is 1. The Bertz CT molecular complexity index is 723. The van der Waals surface area contributed by atoms with Gasteiger partial charge >= 0.3 is 0 Å². The van der Waals surface area contributed by atoms with E-state index in [0.29, 0.717) is 6.42 Å². The van der Waals surface area contributed by atoms with E-state index in [2.05, 4.69) is 16.3 Å². The number of amides is 1. The second-order valence-corrected chi connectivity index (χ2v) is 6.74. The number of benzene rings is 2. The summed E-state index contributed by atoms with van der Waals surface area (Å²) in [5.74, 6) is 0.824. The molecule has 1 heterocycles. The van der Waals surface area contributed by atoms with E-state index in [9.17, 15) is 4.79 Å². The van der Waals surface area contributed by atoms with Gasteiger partial charge in [0.25, 0.3) is 0 Å². The first-order valence-corrected chi connectivity index (χ1v) is 9.15. The lowest BCUT2D eigenvalue weighted by molar-refractivity contribution is -0.123. The number of para-hydroxylation sites is 2. The van der Waals surface area contributed by atoms with Gasteiger partial charge in [0.1, 0.15) is 5.75 Å². The third kappa shape index (κ3) is 6.30. The first-order valence-electron chi connectivity index (χ1n) is 9.15. The largest absolute Gasteiger partial charge is 0.495 e. The molecule has 1 fully saturated rings. The Morgan fingerprint density at radius 2 is 1.71 bits per heavy atom. The summed E-state index contributed by atoms with van der Waals surface area (Å²) in [6.45, 7) is 1.78. The van der Waals surface area contributed by atoms with Crippen molar-refractivity contribution in [2.75, 3.05) is 25.1 Å². The highest BCUT2D eigenvalue weighted by Gasteiger charge is 2.24. The molecule has 7 heteroatoms. The zero-order chi connectivity index (χ0) is 18.4. The number of halogens is 2. The maximum absolute atomic E-state index is 12.4. The summed E-state index contributed by atoms with van der Waals surface area (Å²) in [6, 6.07) is 17.6. The monoisotopic (exact) mass is 425 g/mol. The second-order valence-electron chi connectivity index (χ2n) is 6.74. The van der Waals surface area contributed by atoms with Crippen molar-refractivity contribution in [1.29, 1.82) is 0 Å². The molecule has 0 aliphatic carbocycles. The van der Waals surface area contributed by atoms with E-state index in [-0.39, 0.29) is 36.8 Å². The molecule has 0 spiro atoms. The lowest BCUT2D eigenvalue weighted by atomic mass is 10.0. The van der Waals surface area contributed by atoms with Crippen LogP contribution >= 0.6 is 24.8 Å². The summed E-state index contributed by atoms with van der Waals surface area (Å²) in [5.41, 5.74) is 8.28. The van der Waals surface area contributed by atoms with Gasteiger partial charge in [-0.25, -0.2) is 0 Å². The molecule has 5 nitrogen and oxygen atoms in total. The lowest BCUT2D eigenvalue weighted by Crippen LogP contribution is -2.50. The standard InChI is InChI=1S/C21H27N3O2.2ClH/c1-26-20-10-6-5-9-19(20)24-13-11-17(12-14-24)23-21(25)18(22)15-16-7-3-2-4-8-16;;/h2-10,17-18H,11-15,22H2,1H3,(H,23,25);2*1H. The Balaban J connectivity index is 0.00000196. The Kier molecular flexibility index (Phi) is 10.1. The minimum Gasteiger partial charge on any atom is -0.495 e. The van der Waals surface area contributed by atoms with E-state index in [4.69, 9.17) is 10.5 Å². The molecule has 154 valence electrons. The normalized spacial score (nSPS) is 15.0. The Hall–Kier alpha value is -1.95. The van der Waals surface area contributed by atoms with Gasteiger partial charge in [0.15, 0.2) is 0 Å². The van der Waals surface area contributed by atoms with Gasteiger partial charge in [-0.2, -0.15) is 0 Å². The van der Waals surface area contributed by atoms with Crippen LogP contribution in [0, 0.1) is 0 Å². The lowest BCUT2D eigenvalue weighted by Gasteiger charge is -2.35. The van der Waals surface area contributed by atoms with E-state index in [1.807, 2.05) is 48.5 Å². The predicted molar refractivity (Wildman–Crippen MR) is 119 cm³/mol. The first kappa shape index (κ1) is 24.1. The third-order valence-corrected chi connectivity index (χ3v) is 4.90.